The Morgan fingerprint density at radius 2 is 2.06 bits per heavy atom. The quantitative estimate of drug-likeness (QED) is 0.810. The van der Waals surface area contributed by atoms with Crippen LogP contribution in [-0.4, -0.2) is 40.7 Å². The summed E-state index contributed by atoms with van der Waals surface area (Å²) >= 11 is 0. The van der Waals surface area contributed by atoms with Crippen LogP contribution < -0.4 is 10.7 Å². The zero-order chi connectivity index (χ0) is 21.9. The molecule has 1 aliphatic carbocycles. The van der Waals surface area contributed by atoms with Gasteiger partial charge < -0.3 is 19.5 Å². The number of hydrogen-bond acceptors (Lipinski definition) is 4. The van der Waals surface area contributed by atoms with Crippen LogP contribution in [0.25, 0.3) is 0 Å². The van der Waals surface area contributed by atoms with Crippen molar-refractivity contribution >= 4 is 11.8 Å². The number of nitrogens with zero attached hydrogens (tertiary/aromatic N) is 2. The minimum atomic E-state index is -0.782. The molecule has 3 heterocycles. The van der Waals surface area contributed by atoms with Gasteiger partial charge in [-0.15, -0.1) is 0 Å². The molecular weight excluding hydrogens is 408 g/mol. The van der Waals surface area contributed by atoms with E-state index in [1.54, 1.807) is 16.4 Å². The second kappa shape index (κ2) is 6.98. The minimum Gasteiger partial charge on any atom is -0.356 e. The number of nitrogens with one attached hydrogen (secondary N) is 1. The average molecular weight is 429 g/mol. The highest BCUT2D eigenvalue weighted by Crippen LogP contribution is 2.52. The molecule has 1 atom stereocenters. The Bertz CT molecular complexity index is 1170. The Labute approximate surface area is 176 Å². The Morgan fingerprint density at radius 3 is 2.77 bits per heavy atom. The maximum atomic E-state index is 13.9. The second-order valence-electron chi connectivity index (χ2n) is 8.31. The topological polar surface area (TPSA) is 80.6 Å². The van der Waals surface area contributed by atoms with E-state index in [0.29, 0.717) is 18.8 Å². The molecule has 3 aliphatic rings. The Balaban J connectivity index is 1.50. The molecule has 1 saturated heterocycles. The molecule has 2 fully saturated rings. The fraction of sp³-hybridized carbons (Fsp3) is 0.409. The maximum absolute atomic E-state index is 13.9. The van der Waals surface area contributed by atoms with E-state index >= 15 is 0 Å². The van der Waals surface area contributed by atoms with Crippen LogP contribution in [0.2, 0.25) is 0 Å². The lowest BCUT2D eigenvalue weighted by Gasteiger charge is -2.46. The van der Waals surface area contributed by atoms with Gasteiger partial charge in [-0.1, -0.05) is 6.07 Å². The van der Waals surface area contributed by atoms with Crippen molar-refractivity contribution in [2.75, 3.05) is 13.2 Å². The zero-order valence-corrected chi connectivity index (χ0v) is 16.9. The van der Waals surface area contributed by atoms with Crippen LogP contribution in [0.1, 0.15) is 51.2 Å². The summed E-state index contributed by atoms with van der Waals surface area (Å²) in [5.41, 5.74) is -0.521. The number of fused-ring (bicyclic) bond motifs is 4. The van der Waals surface area contributed by atoms with Gasteiger partial charge in [0.25, 0.3) is 11.8 Å². The van der Waals surface area contributed by atoms with Gasteiger partial charge >= 0.3 is 0 Å². The third-order valence-electron chi connectivity index (χ3n) is 6.41. The molecule has 9 heteroatoms. The zero-order valence-electron chi connectivity index (χ0n) is 16.9. The van der Waals surface area contributed by atoms with Gasteiger partial charge in [0.05, 0.1) is 12.1 Å². The number of carbonyl (C=O) groups excluding carboxylic acids is 2. The standard InChI is InChI=1S/C22H21F2N3O4/c1-12-17-20(30)26-7-2-8-31-21(26)22(5-6-22)27(17)11-15(18(12)28)19(29)25-10-13-3-4-14(23)9-16(13)24/h3-4,9,11,21H,2,5-8,10H2,1H3,(H,25,29). The first-order valence-corrected chi connectivity index (χ1v) is 10.2. The molecule has 0 bridgehead atoms. The summed E-state index contributed by atoms with van der Waals surface area (Å²) in [5, 5.41) is 2.52. The highest BCUT2D eigenvalue weighted by molar-refractivity contribution is 5.98. The molecule has 2 aliphatic heterocycles. The SMILES string of the molecule is Cc1c2n(cc(C(=O)NCc3ccc(F)cc3F)c1=O)C1(CC1)C1OCCCN1C2=O. The van der Waals surface area contributed by atoms with Gasteiger partial charge in [0.1, 0.15) is 22.9 Å². The fourth-order valence-corrected chi connectivity index (χ4v) is 4.62. The van der Waals surface area contributed by atoms with Crippen LogP contribution in [-0.2, 0) is 16.8 Å². The van der Waals surface area contributed by atoms with E-state index in [2.05, 4.69) is 5.32 Å². The number of hydrogen-bond donors (Lipinski definition) is 1. The normalized spacial score (nSPS) is 20.9. The Morgan fingerprint density at radius 1 is 1.29 bits per heavy atom. The lowest BCUT2D eigenvalue weighted by atomic mass is 10.00. The molecule has 1 aromatic heterocycles. The van der Waals surface area contributed by atoms with Crippen LogP contribution in [0.15, 0.2) is 29.2 Å². The van der Waals surface area contributed by atoms with Crippen molar-refractivity contribution in [3.8, 4) is 0 Å². The van der Waals surface area contributed by atoms with E-state index in [-0.39, 0.29) is 29.1 Å². The van der Waals surface area contributed by atoms with Crippen molar-refractivity contribution in [1.29, 1.82) is 0 Å². The minimum absolute atomic E-state index is 0.102. The highest BCUT2D eigenvalue weighted by Gasteiger charge is 2.60. The largest absolute Gasteiger partial charge is 0.356 e. The number of amides is 2. The lowest BCUT2D eigenvalue weighted by molar-refractivity contribution is -0.120. The molecular formula is C22H21F2N3O4. The van der Waals surface area contributed by atoms with Crippen molar-refractivity contribution < 1.29 is 23.1 Å². The van der Waals surface area contributed by atoms with Crippen LogP contribution in [0.4, 0.5) is 8.78 Å². The van der Waals surface area contributed by atoms with Crippen molar-refractivity contribution in [2.24, 2.45) is 0 Å². The monoisotopic (exact) mass is 429 g/mol. The smallest absolute Gasteiger partial charge is 0.273 e. The summed E-state index contributed by atoms with van der Waals surface area (Å²) in [4.78, 5) is 40.5. The van der Waals surface area contributed by atoms with E-state index in [1.165, 1.54) is 12.3 Å². The third kappa shape index (κ3) is 2.98. The maximum Gasteiger partial charge on any atom is 0.273 e. The van der Waals surface area contributed by atoms with Gasteiger partial charge in [0, 0.05) is 36.5 Å². The van der Waals surface area contributed by atoms with Gasteiger partial charge in [-0.05, 0) is 32.3 Å². The van der Waals surface area contributed by atoms with Crippen molar-refractivity contribution in [1.82, 2.24) is 14.8 Å². The molecule has 1 unspecified atom stereocenters. The first-order chi connectivity index (χ1) is 14.8. The first kappa shape index (κ1) is 19.9. The summed E-state index contributed by atoms with van der Waals surface area (Å²) in [7, 11) is 0. The number of rotatable bonds is 3. The van der Waals surface area contributed by atoms with Crippen LogP contribution in [0.5, 0.6) is 0 Å². The molecule has 5 rings (SSSR count). The number of carbonyl (C=O) groups is 2. The van der Waals surface area contributed by atoms with Crippen molar-refractivity contribution in [2.45, 2.75) is 44.5 Å². The molecule has 1 N–H and O–H groups in total. The molecule has 1 spiro atoms. The average Bonchev–Trinajstić information content (AvgIpc) is 3.55. The number of ether oxygens (including phenoxy) is 1. The summed E-state index contributed by atoms with van der Waals surface area (Å²) in [5.74, 6) is -2.44. The summed E-state index contributed by atoms with van der Waals surface area (Å²) < 4.78 is 34.6. The predicted molar refractivity (Wildman–Crippen MR) is 106 cm³/mol. The van der Waals surface area contributed by atoms with Crippen LogP contribution in [0.3, 0.4) is 0 Å². The van der Waals surface area contributed by atoms with Gasteiger partial charge in [-0.25, -0.2) is 8.78 Å². The van der Waals surface area contributed by atoms with Crippen LogP contribution >= 0.6 is 0 Å². The lowest BCUT2D eigenvalue weighted by Crippen LogP contribution is -2.59. The summed E-state index contributed by atoms with van der Waals surface area (Å²) in [6.07, 6.45) is 3.31. The summed E-state index contributed by atoms with van der Waals surface area (Å²) in [6, 6.07) is 3.07. The van der Waals surface area contributed by atoms with E-state index < -0.39 is 34.7 Å². The van der Waals surface area contributed by atoms with E-state index in [0.717, 1.165) is 31.4 Å². The number of benzene rings is 1. The number of halogens is 2. The van der Waals surface area contributed by atoms with E-state index in [4.69, 9.17) is 4.74 Å². The second-order valence-corrected chi connectivity index (χ2v) is 8.31. The fourth-order valence-electron chi connectivity index (χ4n) is 4.62. The predicted octanol–water partition coefficient (Wildman–Crippen LogP) is 2.06. The highest BCUT2D eigenvalue weighted by atomic mass is 19.1. The molecule has 0 radical (unpaired) electrons. The first-order valence-electron chi connectivity index (χ1n) is 10.2. The third-order valence-corrected chi connectivity index (χ3v) is 6.41. The number of pyridine rings is 1. The Hall–Kier alpha value is -3.07. The van der Waals surface area contributed by atoms with Gasteiger partial charge in [-0.3, -0.25) is 14.4 Å². The molecule has 31 heavy (non-hydrogen) atoms. The van der Waals surface area contributed by atoms with E-state index in [9.17, 15) is 23.2 Å². The van der Waals surface area contributed by atoms with Crippen molar-refractivity contribution in [3.05, 3.63) is 68.6 Å². The molecule has 2 aromatic rings. The summed E-state index contributed by atoms with van der Waals surface area (Å²) in [6.45, 7) is 2.48. The van der Waals surface area contributed by atoms with E-state index in [1.807, 2.05) is 0 Å². The molecule has 1 saturated carbocycles. The Kier molecular flexibility index (Phi) is 4.47. The molecule has 2 amide bonds. The number of aromatic nitrogens is 1. The molecule has 7 nitrogen and oxygen atoms in total. The van der Waals surface area contributed by atoms with Gasteiger partial charge in [0.15, 0.2) is 11.7 Å². The van der Waals surface area contributed by atoms with Crippen molar-refractivity contribution in [3.63, 3.8) is 0 Å². The van der Waals surface area contributed by atoms with Crippen LogP contribution in [0, 0.1) is 18.6 Å². The molecule has 1 aromatic carbocycles. The van der Waals surface area contributed by atoms with Gasteiger partial charge in [0.2, 0.25) is 0 Å². The molecule has 162 valence electrons. The van der Waals surface area contributed by atoms with Gasteiger partial charge in [-0.2, -0.15) is 0 Å².